The van der Waals surface area contributed by atoms with Crippen molar-refractivity contribution in [3.8, 4) is 5.75 Å². The summed E-state index contributed by atoms with van der Waals surface area (Å²) in [6.45, 7) is 4.03. The van der Waals surface area contributed by atoms with Crippen molar-refractivity contribution in [1.82, 2.24) is 0 Å². The minimum atomic E-state index is -0.591. The van der Waals surface area contributed by atoms with Gasteiger partial charge in [0.2, 0.25) is 17.7 Å². The molecule has 4 aromatic rings. The molecule has 7 heteroatoms. The Morgan fingerprint density at radius 1 is 0.727 bits per heavy atom. The number of carbonyl (C=O) groups is 4. The highest BCUT2D eigenvalue weighted by molar-refractivity contribution is 6.23. The van der Waals surface area contributed by atoms with Gasteiger partial charge in [0, 0.05) is 30.5 Å². The number of hydrogen-bond donors (Lipinski definition) is 0. The Kier molecular flexibility index (Phi) is 5.88. The van der Waals surface area contributed by atoms with Gasteiger partial charge in [0.15, 0.2) is 0 Å². The molecule has 4 aromatic carbocycles. The zero-order valence-electron chi connectivity index (χ0n) is 24.4. The largest absolute Gasteiger partial charge is 0.426 e. The number of imide groups is 1. The van der Waals surface area contributed by atoms with Crippen molar-refractivity contribution in [3.05, 3.63) is 124 Å². The Bertz CT molecular complexity index is 1800. The number of rotatable bonds is 4. The second-order valence-electron chi connectivity index (χ2n) is 12.4. The lowest BCUT2D eigenvalue weighted by Crippen LogP contribution is -2.41. The molecule has 2 fully saturated rings. The van der Waals surface area contributed by atoms with Crippen molar-refractivity contribution < 1.29 is 23.9 Å². The Morgan fingerprint density at radius 3 is 1.86 bits per heavy atom. The summed E-state index contributed by atoms with van der Waals surface area (Å²) in [5.74, 6) is -2.53. The molecule has 7 nitrogen and oxygen atoms in total. The van der Waals surface area contributed by atoms with E-state index in [0.29, 0.717) is 17.0 Å². The molecule has 0 saturated carbocycles. The van der Waals surface area contributed by atoms with Crippen LogP contribution in [0.15, 0.2) is 91.0 Å². The van der Waals surface area contributed by atoms with Gasteiger partial charge in [0.1, 0.15) is 5.75 Å². The van der Waals surface area contributed by atoms with E-state index in [1.807, 2.05) is 62.4 Å². The average molecular weight is 583 g/mol. The lowest BCUT2D eigenvalue weighted by molar-refractivity contribution is -0.139. The maximum Gasteiger partial charge on any atom is 0.316 e. The second-order valence-corrected chi connectivity index (χ2v) is 12.4. The zero-order chi connectivity index (χ0) is 30.3. The van der Waals surface area contributed by atoms with Gasteiger partial charge in [-0.15, -0.1) is 0 Å². The zero-order valence-corrected chi connectivity index (χ0v) is 24.4. The summed E-state index contributed by atoms with van der Waals surface area (Å²) in [6.07, 6.45) is 0.0799. The predicted molar refractivity (Wildman–Crippen MR) is 164 cm³/mol. The molecule has 2 saturated heterocycles. The van der Waals surface area contributed by atoms with Crippen LogP contribution in [-0.2, 0) is 19.2 Å². The number of nitrogens with zero attached hydrogens (tertiary/aromatic N) is 2. The average Bonchev–Trinajstić information content (AvgIpc) is 3.54. The van der Waals surface area contributed by atoms with Crippen LogP contribution in [0.1, 0.15) is 51.6 Å². The molecule has 3 atom stereocenters. The number of hydrogen-bond acceptors (Lipinski definition) is 5. The van der Waals surface area contributed by atoms with E-state index in [0.717, 1.165) is 33.5 Å². The van der Waals surface area contributed by atoms with Gasteiger partial charge in [-0.2, -0.15) is 0 Å². The molecular formula is C37H30N2O5. The van der Waals surface area contributed by atoms with E-state index in [1.165, 1.54) is 4.90 Å². The second kappa shape index (κ2) is 9.74. The summed E-state index contributed by atoms with van der Waals surface area (Å²) in [5, 5.41) is 0. The summed E-state index contributed by atoms with van der Waals surface area (Å²) in [6, 6.07) is 29.0. The molecular weight excluding hydrogens is 552 g/mol. The van der Waals surface area contributed by atoms with E-state index in [9.17, 15) is 19.2 Å². The van der Waals surface area contributed by atoms with Gasteiger partial charge in [0.25, 0.3) is 0 Å². The molecule has 0 aromatic heterocycles. The summed E-state index contributed by atoms with van der Waals surface area (Å²) in [7, 11) is 0. The maximum atomic E-state index is 14.1. The van der Waals surface area contributed by atoms with Gasteiger partial charge in [0.05, 0.1) is 23.4 Å². The molecule has 44 heavy (non-hydrogen) atoms. The van der Waals surface area contributed by atoms with Crippen molar-refractivity contribution >= 4 is 35.1 Å². The molecule has 0 radical (unpaired) electrons. The van der Waals surface area contributed by atoms with Crippen molar-refractivity contribution in [1.29, 1.82) is 0 Å². The summed E-state index contributed by atoms with van der Waals surface area (Å²) in [4.78, 5) is 57.1. The number of aryl methyl sites for hydroxylation is 2. The van der Waals surface area contributed by atoms with Crippen LogP contribution in [0.4, 0.5) is 11.4 Å². The lowest BCUT2D eigenvalue weighted by Gasteiger charge is -2.45. The van der Waals surface area contributed by atoms with Crippen LogP contribution in [0.2, 0.25) is 0 Å². The first-order valence-electron chi connectivity index (χ1n) is 15.1. The highest BCUT2D eigenvalue weighted by atomic mass is 16.5. The molecule has 3 aliphatic carbocycles. The van der Waals surface area contributed by atoms with Crippen LogP contribution >= 0.6 is 0 Å². The highest BCUT2D eigenvalue weighted by Crippen LogP contribution is 2.61. The molecule has 218 valence electrons. The van der Waals surface area contributed by atoms with Crippen LogP contribution in [0.5, 0.6) is 5.75 Å². The summed E-state index contributed by atoms with van der Waals surface area (Å²) >= 11 is 0. The van der Waals surface area contributed by atoms with E-state index >= 15 is 0 Å². The third-order valence-electron chi connectivity index (χ3n) is 9.85. The first kappa shape index (κ1) is 26.6. The van der Waals surface area contributed by atoms with Crippen LogP contribution in [0.3, 0.4) is 0 Å². The number of benzene rings is 4. The van der Waals surface area contributed by atoms with Crippen molar-refractivity contribution in [3.63, 3.8) is 0 Å². The van der Waals surface area contributed by atoms with Gasteiger partial charge in [-0.1, -0.05) is 60.7 Å². The van der Waals surface area contributed by atoms with Crippen molar-refractivity contribution in [2.75, 3.05) is 16.3 Å². The molecule has 9 rings (SSSR count). The number of esters is 1. The first-order valence-corrected chi connectivity index (χ1v) is 15.1. The number of carbonyl (C=O) groups excluding carboxylic acids is 4. The fraction of sp³-hybridized carbons (Fsp3) is 0.243. The fourth-order valence-corrected chi connectivity index (χ4v) is 7.97. The van der Waals surface area contributed by atoms with Gasteiger partial charge >= 0.3 is 5.97 Å². The summed E-state index contributed by atoms with van der Waals surface area (Å²) < 4.78 is 5.72. The van der Waals surface area contributed by atoms with E-state index in [2.05, 4.69) is 24.3 Å². The van der Waals surface area contributed by atoms with Crippen molar-refractivity contribution in [2.45, 2.75) is 32.1 Å². The van der Waals surface area contributed by atoms with Crippen LogP contribution < -0.4 is 14.5 Å². The molecule has 5 aliphatic rings. The Balaban J connectivity index is 1.05. The van der Waals surface area contributed by atoms with Crippen LogP contribution in [-0.4, -0.2) is 30.2 Å². The molecule has 3 amide bonds. The summed E-state index contributed by atoms with van der Waals surface area (Å²) in [5.41, 5.74) is 7.48. The van der Waals surface area contributed by atoms with Gasteiger partial charge in [-0.3, -0.25) is 19.2 Å². The quantitative estimate of drug-likeness (QED) is 0.176. The smallest absolute Gasteiger partial charge is 0.316 e. The first-order chi connectivity index (χ1) is 21.3. The topological polar surface area (TPSA) is 84.0 Å². The highest BCUT2D eigenvalue weighted by Gasteiger charge is 2.61. The monoisotopic (exact) mass is 582 g/mol. The van der Waals surface area contributed by atoms with E-state index in [1.54, 1.807) is 23.1 Å². The molecule has 2 heterocycles. The minimum Gasteiger partial charge on any atom is -0.426 e. The standard InChI is InChI=1S/C37H30N2O5/c1-20-8-7-9-23(16-20)38-19-22(18-30(38)40)37(43)44-24-14-15-29(21(2)17-24)39-35(41)33-31-25-10-3-4-11-26(25)32(34(33)36(39)42)28-13-6-5-12-27(28)31/h3-17,22,31-34H,18-19H2,1-2H3/t22-,31?,32?,33-,34+/m1/s1. The SMILES string of the molecule is Cc1cccc(N2C[C@H](C(=O)Oc3ccc(N4C(=O)[C@@H]5C6c7ccccc7C(c7ccccc76)[C@@H]5C4=O)c(C)c3)CC2=O)c1. The molecule has 0 unspecified atom stereocenters. The minimum absolute atomic E-state index is 0.0799. The number of ether oxygens (including phenoxy) is 1. The fourth-order valence-electron chi connectivity index (χ4n) is 7.97. The Morgan fingerprint density at radius 2 is 1.32 bits per heavy atom. The third-order valence-corrected chi connectivity index (χ3v) is 9.85. The number of anilines is 2. The molecule has 0 spiro atoms. The van der Waals surface area contributed by atoms with Crippen LogP contribution in [0.25, 0.3) is 0 Å². The van der Waals surface area contributed by atoms with E-state index in [-0.39, 0.29) is 42.5 Å². The predicted octanol–water partition coefficient (Wildman–Crippen LogP) is 5.66. The normalized spacial score (nSPS) is 24.8. The Hall–Kier alpha value is -5.04. The molecule has 2 aliphatic heterocycles. The van der Waals surface area contributed by atoms with Gasteiger partial charge < -0.3 is 9.64 Å². The van der Waals surface area contributed by atoms with Crippen molar-refractivity contribution in [2.24, 2.45) is 17.8 Å². The third kappa shape index (κ3) is 3.81. The lowest BCUT2D eigenvalue weighted by atomic mass is 9.55. The Labute approximate surface area is 255 Å². The van der Waals surface area contributed by atoms with Gasteiger partial charge in [-0.05, 0) is 77.6 Å². The number of amides is 3. The molecule has 0 N–H and O–H groups in total. The van der Waals surface area contributed by atoms with Crippen LogP contribution in [0, 0.1) is 31.6 Å². The van der Waals surface area contributed by atoms with E-state index < -0.39 is 23.7 Å². The van der Waals surface area contributed by atoms with Gasteiger partial charge in [-0.25, -0.2) is 4.90 Å². The molecule has 2 bridgehead atoms. The van der Waals surface area contributed by atoms with E-state index in [4.69, 9.17) is 4.74 Å². The maximum absolute atomic E-state index is 14.1.